The number of nitrogens with zero attached hydrogens (tertiary/aromatic N) is 5. The summed E-state index contributed by atoms with van der Waals surface area (Å²) in [6.45, 7) is 2.32. The van der Waals surface area contributed by atoms with Gasteiger partial charge < -0.3 is 15.5 Å². The maximum Gasteiger partial charge on any atom is 0.245 e. The van der Waals surface area contributed by atoms with Crippen LogP contribution in [0.1, 0.15) is 76.2 Å². The maximum atomic E-state index is 14.8. The first-order valence-electron chi connectivity index (χ1n) is 16.6. The van der Waals surface area contributed by atoms with Crippen molar-refractivity contribution >= 4 is 23.2 Å². The van der Waals surface area contributed by atoms with Crippen molar-refractivity contribution in [3.8, 4) is 0 Å². The fourth-order valence-electron chi connectivity index (χ4n) is 8.22. The second kappa shape index (κ2) is 14.0. The number of rotatable bonds is 9. The van der Waals surface area contributed by atoms with Gasteiger partial charge in [-0.15, -0.1) is 0 Å². The topological polar surface area (TPSA) is 80.3 Å². The monoisotopic (exact) mass is 620 g/mol. The van der Waals surface area contributed by atoms with Gasteiger partial charge in [-0.25, -0.2) is 9.37 Å². The number of likely N-dealkylation sites (tertiary alicyclic amines) is 1. The van der Waals surface area contributed by atoms with Crippen molar-refractivity contribution in [2.24, 2.45) is 17.1 Å². The number of benzene rings is 2. The summed E-state index contributed by atoms with van der Waals surface area (Å²) in [6, 6.07) is 14.4. The Morgan fingerprint density at radius 3 is 2.30 bits per heavy atom. The smallest absolute Gasteiger partial charge is 0.245 e. The van der Waals surface area contributed by atoms with E-state index in [1.807, 2.05) is 47.4 Å². The van der Waals surface area contributed by atoms with E-state index in [9.17, 15) is 9.18 Å². The molecule has 2 aliphatic carbocycles. The van der Waals surface area contributed by atoms with E-state index in [1.165, 1.54) is 44.2 Å². The number of amides is 1. The lowest BCUT2D eigenvalue weighted by Gasteiger charge is -2.49. The van der Waals surface area contributed by atoms with E-state index in [2.05, 4.69) is 19.9 Å². The molecule has 6 rings (SSSR count). The second-order valence-corrected chi connectivity index (χ2v) is 13.9. The third-order valence-corrected chi connectivity index (χ3v) is 11.0. The highest BCUT2D eigenvalue weighted by atomic mass is 35.5. The highest BCUT2D eigenvalue weighted by molar-refractivity contribution is 6.30. The molecule has 1 atom stereocenters. The minimum absolute atomic E-state index is 0.118. The van der Waals surface area contributed by atoms with Crippen LogP contribution < -0.4 is 10.6 Å². The molecule has 3 fully saturated rings. The van der Waals surface area contributed by atoms with E-state index in [4.69, 9.17) is 17.3 Å². The molecule has 3 aliphatic rings. The average molecular weight is 621 g/mol. The van der Waals surface area contributed by atoms with Gasteiger partial charge in [0.1, 0.15) is 24.5 Å². The van der Waals surface area contributed by atoms with Crippen LogP contribution in [0.5, 0.6) is 0 Å². The first-order valence-corrected chi connectivity index (χ1v) is 16.9. The molecule has 1 amide bonds. The van der Waals surface area contributed by atoms with Gasteiger partial charge >= 0.3 is 0 Å². The SMILES string of the molecule is NC1CCC(N(c2ccc(F)cc2)[C@H](Cc2ccc(Cl)cc2)C(=O)N2CCC(Cn3cncn3)(C3CCCCC3)CC2)CC1. The molecule has 7 nitrogen and oxygen atoms in total. The van der Waals surface area contributed by atoms with Crippen LogP contribution in [0.25, 0.3) is 0 Å². The Kier molecular flexibility index (Phi) is 9.86. The summed E-state index contributed by atoms with van der Waals surface area (Å²) in [7, 11) is 0. The standard InChI is InChI=1S/C35H46ClFN6O/c36-28-8-6-26(7-9-28)22-33(43(31-14-10-29(37)11-15-31)32-16-12-30(38)13-17-32)34(44)41-20-18-35(19-21-41,23-42-25-39-24-40-42)27-4-2-1-3-5-27/h6-11,14-15,24-25,27,30,32-33H,1-5,12-13,16-23,38H2/t30?,32?,33-/m1/s1. The fourth-order valence-corrected chi connectivity index (χ4v) is 8.34. The van der Waals surface area contributed by atoms with Crippen LogP contribution in [0, 0.1) is 17.2 Å². The molecule has 9 heteroatoms. The lowest BCUT2D eigenvalue weighted by molar-refractivity contribution is -0.136. The zero-order chi connectivity index (χ0) is 30.5. The molecule has 0 unspecified atom stereocenters. The van der Waals surface area contributed by atoms with E-state index in [-0.39, 0.29) is 29.2 Å². The van der Waals surface area contributed by atoms with Crippen LogP contribution in [0.15, 0.2) is 61.2 Å². The molecule has 0 bridgehead atoms. The number of aromatic nitrogens is 3. The molecular formula is C35H46ClFN6O. The lowest BCUT2D eigenvalue weighted by atomic mass is 9.63. The number of anilines is 1. The zero-order valence-electron chi connectivity index (χ0n) is 25.7. The first-order chi connectivity index (χ1) is 21.4. The van der Waals surface area contributed by atoms with Gasteiger partial charge in [-0.3, -0.25) is 9.48 Å². The highest BCUT2D eigenvalue weighted by Gasteiger charge is 2.45. The Labute approximate surface area is 266 Å². The summed E-state index contributed by atoms with van der Waals surface area (Å²) >= 11 is 6.24. The zero-order valence-corrected chi connectivity index (χ0v) is 26.4. The second-order valence-electron chi connectivity index (χ2n) is 13.4. The minimum atomic E-state index is -0.418. The summed E-state index contributed by atoms with van der Waals surface area (Å²) in [5.41, 5.74) is 8.38. The van der Waals surface area contributed by atoms with Gasteiger partial charge in [-0.2, -0.15) is 5.10 Å². The molecule has 44 heavy (non-hydrogen) atoms. The summed E-state index contributed by atoms with van der Waals surface area (Å²) < 4.78 is 16.1. The molecule has 0 radical (unpaired) electrons. The van der Waals surface area contributed by atoms with Gasteiger partial charge in [0.15, 0.2) is 0 Å². The van der Waals surface area contributed by atoms with Crippen LogP contribution in [0.3, 0.4) is 0 Å². The Bertz CT molecular complexity index is 1330. The molecule has 2 heterocycles. The number of hydrogen-bond donors (Lipinski definition) is 1. The molecule has 2 saturated carbocycles. The van der Waals surface area contributed by atoms with E-state index in [0.717, 1.165) is 69.4 Å². The highest BCUT2D eigenvalue weighted by Crippen LogP contribution is 2.47. The number of carbonyl (C=O) groups is 1. The van der Waals surface area contributed by atoms with Crippen molar-refractivity contribution in [2.75, 3.05) is 18.0 Å². The van der Waals surface area contributed by atoms with Crippen molar-refractivity contribution in [1.29, 1.82) is 0 Å². The maximum absolute atomic E-state index is 14.8. The molecule has 236 valence electrons. The fraction of sp³-hybridized carbons (Fsp3) is 0.571. The van der Waals surface area contributed by atoms with Crippen LogP contribution in [0.4, 0.5) is 10.1 Å². The van der Waals surface area contributed by atoms with E-state index >= 15 is 0 Å². The number of nitrogens with two attached hydrogens (primary N) is 1. The molecule has 2 N–H and O–H groups in total. The average Bonchev–Trinajstić information content (AvgIpc) is 3.57. The van der Waals surface area contributed by atoms with E-state index in [0.29, 0.717) is 17.4 Å². The van der Waals surface area contributed by atoms with Crippen LogP contribution in [-0.4, -0.2) is 56.8 Å². The predicted octanol–water partition coefficient (Wildman–Crippen LogP) is 6.65. The van der Waals surface area contributed by atoms with E-state index < -0.39 is 6.04 Å². The van der Waals surface area contributed by atoms with Gasteiger partial charge in [0.25, 0.3) is 0 Å². The molecule has 3 aromatic rings. The van der Waals surface area contributed by atoms with Gasteiger partial charge in [-0.05, 0) is 105 Å². The minimum Gasteiger partial charge on any atom is -0.356 e. The van der Waals surface area contributed by atoms with Crippen molar-refractivity contribution in [2.45, 2.75) is 102 Å². The lowest BCUT2D eigenvalue weighted by Crippen LogP contribution is -2.57. The van der Waals surface area contributed by atoms with Crippen molar-refractivity contribution in [3.05, 3.63) is 77.6 Å². The Morgan fingerprint density at radius 1 is 0.977 bits per heavy atom. The molecule has 1 aromatic heterocycles. The summed E-state index contributed by atoms with van der Waals surface area (Å²) in [5, 5.41) is 5.16. The van der Waals surface area contributed by atoms with Crippen LogP contribution in [0.2, 0.25) is 5.02 Å². The predicted molar refractivity (Wildman–Crippen MR) is 173 cm³/mol. The van der Waals surface area contributed by atoms with Crippen LogP contribution >= 0.6 is 11.6 Å². The first kappa shape index (κ1) is 31.0. The third-order valence-electron chi connectivity index (χ3n) is 10.7. The van der Waals surface area contributed by atoms with Crippen LogP contribution in [-0.2, 0) is 17.8 Å². The Morgan fingerprint density at radius 2 is 1.66 bits per heavy atom. The van der Waals surface area contributed by atoms with Gasteiger partial charge in [-0.1, -0.05) is 43.0 Å². The number of piperidine rings is 1. The molecule has 2 aromatic carbocycles. The molecule has 0 spiro atoms. The Balaban J connectivity index is 1.29. The number of halogens is 2. The van der Waals surface area contributed by atoms with Gasteiger partial charge in [0.2, 0.25) is 5.91 Å². The van der Waals surface area contributed by atoms with E-state index in [1.54, 1.807) is 6.33 Å². The molecule has 1 saturated heterocycles. The normalized spacial score (nSPS) is 23.3. The largest absolute Gasteiger partial charge is 0.356 e. The van der Waals surface area contributed by atoms with Crippen molar-refractivity contribution < 1.29 is 9.18 Å². The summed E-state index contributed by atoms with van der Waals surface area (Å²) in [4.78, 5) is 23.4. The van der Waals surface area contributed by atoms with Crippen molar-refractivity contribution in [3.63, 3.8) is 0 Å². The van der Waals surface area contributed by atoms with Gasteiger partial charge in [0, 0.05) is 48.8 Å². The molecular weight excluding hydrogens is 575 g/mol. The third kappa shape index (κ3) is 7.12. The molecule has 1 aliphatic heterocycles. The number of carbonyl (C=O) groups excluding carboxylic acids is 1. The Hall–Kier alpha value is -2.97. The van der Waals surface area contributed by atoms with Gasteiger partial charge in [0.05, 0.1) is 0 Å². The quantitative estimate of drug-likeness (QED) is 0.290. The number of hydrogen-bond acceptors (Lipinski definition) is 5. The van der Waals surface area contributed by atoms with Crippen molar-refractivity contribution in [1.82, 2.24) is 19.7 Å². The summed E-state index contributed by atoms with van der Waals surface area (Å²) in [5.74, 6) is 0.518. The summed E-state index contributed by atoms with van der Waals surface area (Å²) in [6.07, 6.45) is 16.0.